The Hall–Kier alpha value is -2.93. The number of carbonyl (C=O) groups is 1. The Balaban J connectivity index is 1.66. The molecule has 0 bridgehead atoms. The van der Waals surface area contributed by atoms with Crippen molar-refractivity contribution in [3.8, 4) is 0 Å². The summed E-state index contributed by atoms with van der Waals surface area (Å²) in [4.78, 5) is 22.3. The molecule has 1 aliphatic rings. The number of amidine groups is 1. The standard InChI is InChI=1S/C17H13N5OS/c23-15-10-24-17(22(15)12-6-2-1-3-7-12)21-20-16-13-8-4-5-9-14(13)18-11-19-16/h1-9,11H,10H2,(H,18,19,20). The van der Waals surface area contributed by atoms with E-state index in [0.717, 1.165) is 16.6 Å². The van der Waals surface area contributed by atoms with Gasteiger partial charge in [0.25, 0.3) is 0 Å². The molecule has 1 fully saturated rings. The molecule has 1 saturated heterocycles. The third-order valence-corrected chi connectivity index (χ3v) is 4.50. The van der Waals surface area contributed by atoms with Crippen molar-refractivity contribution in [2.75, 3.05) is 16.1 Å². The van der Waals surface area contributed by atoms with Crippen LogP contribution in [0.5, 0.6) is 0 Å². The molecule has 0 spiro atoms. The summed E-state index contributed by atoms with van der Waals surface area (Å²) in [5, 5.41) is 5.88. The lowest BCUT2D eigenvalue weighted by molar-refractivity contribution is -0.115. The second-order valence-electron chi connectivity index (χ2n) is 5.10. The molecule has 0 saturated carbocycles. The molecule has 24 heavy (non-hydrogen) atoms. The fourth-order valence-corrected chi connectivity index (χ4v) is 3.30. The highest BCUT2D eigenvalue weighted by molar-refractivity contribution is 8.15. The van der Waals surface area contributed by atoms with Gasteiger partial charge < -0.3 is 0 Å². The van der Waals surface area contributed by atoms with Gasteiger partial charge in [-0.2, -0.15) is 0 Å². The van der Waals surface area contributed by atoms with Crippen molar-refractivity contribution >= 4 is 45.2 Å². The SMILES string of the molecule is O=C1CSC(=NNc2ncnc3ccccc23)N1c1ccccc1. The number of hydrogen-bond acceptors (Lipinski definition) is 6. The van der Waals surface area contributed by atoms with Crippen molar-refractivity contribution in [3.05, 3.63) is 60.9 Å². The van der Waals surface area contributed by atoms with Crippen LogP contribution in [0.15, 0.2) is 66.0 Å². The van der Waals surface area contributed by atoms with E-state index in [2.05, 4.69) is 20.5 Å². The number of fused-ring (bicyclic) bond motifs is 1. The van der Waals surface area contributed by atoms with Gasteiger partial charge in [-0.25, -0.2) is 9.97 Å². The molecule has 7 heteroatoms. The van der Waals surface area contributed by atoms with E-state index in [1.807, 2.05) is 54.6 Å². The van der Waals surface area contributed by atoms with Crippen LogP contribution in [0.1, 0.15) is 0 Å². The molecule has 1 N–H and O–H groups in total. The molecule has 0 atom stereocenters. The van der Waals surface area contributed by atoms with E-state index in [1.165, 1.54) is 18.1 Å². The Labute approximate surface area is 142 Å². The number of nitrogens with one attached hydrogen (secondary N) is 1. The van der Waals surface area contributed by atoms with Crippen LogP contribution in [0.3, 0.4) is 0 Å². The molecule has 0 aliphatic carbocycles. The topological polar surface area (TPSA) is 70.5 Å². The van der Waals surface area contributed by atoms with Gasteiger partial charge in [0.15, 0.2) is 11.0 Å². The molecular formula is C17H13N5OS. The van der Waals surface area contributed by atoms with Gasteiger partial charge in [-0.15, -0.1) is 5.10 Å². The van der Waals surface area contributed by atoms with E-state index < -0.39 is 0 Å². The molecule has 118 valence electrons. The quantitative estimate of drug-likeness (QED) is 0.745. The first-order valence-electron chi connectivity index (χ1n) is 7.37. The number of aromatic nitrogens is 2. The average Bonchev–Trinajstić information content (AvgIpc) is 3.01. The van der Waals surface area contributed by atoms with Gasteiger partial charge >= 0.3 is 0 Å². The summed E-state index contributed by atoms with van der Waals surface area (Å²) in [5.41, 5.74) is 4.62. The highest BCUT2D eigenvalue weighted by Gasteiger charge is 2.29. The lowest BCUT2D eigenvalue weighted by Gasteiger charge is -2.15. The summed E-state index contributed by atoms with van der Waals surface area (Å²) in [6.45, 7) is 0. The highest BCUT2D eigenvalue weighted by Crippen LogP contribution is 2.27. The Morgan fingerprint density at radius 3 is 2.71 bits per heavy atom. The number of hydrogen-bond donors (Lipinski definition) is 1. The van der Waals surface area contributed by atoms with Crippen LogP contribution in [0.25, 0.3) is 10.9 Å². The van der Waals surface area contributed by atoms with Crippen LogP contribution in [-0.2, 0) is 4.79 Å². The summed E-state index contributed by atoms with van der Waals surface area (Å²) < 4.78 is 0. The van der Waals surface area contributed by atoms with E-state index in [4.69, 9.17) is 0 Å². The predicted molar refractivity (Wildman–Crippen MR) is 97.0 cm³/mol. The summed E-state index contributed by atoms with van der Waals surface area (Å²) >= 11 is 1.40. The summed E-state index contributed by atoms with van der Waals surface area (Å²) in [5.74, 6) is 1.00. The lowest BCUT2D eigenvalue weighted by atomic mass is 10.2. The van der Waals surface area contributed by atoms with Gasteiger partial charge in [0.2, 0.25) is 5.91 Å². The van der Waals surface area contributed by atoms with Crippen molar-refractivity contribution in [2.45, 2.75) is 0 Å². The minimum absolute atomic E-state index is 0.0132. The second-order valence-corrected chi connectivity index (χ2v) is 6.04. The smallest absolute Gasteiger partial charge is 0.243 e. The fraction of sp³-hybridized carbons (Fsp3) is 0.0588. The van der Waals surface area contributed by atoms with E-state index in [0.29, 0.717) is 16.7 Å². The first kappa shape index (κ1) is 14.6. The molecule has 2 aromatic carbocycles. The molecule has 2 heterocycles. The van der Waals surface area contributed by atoms with Crippen molar-refractivity contribution in [3.63, 3.8) is 0 Å². The molecule has 1 amide bonds. The zero-order chi connectivity index (χ0) is 16.4. The van der Waals surface area contributed by atoms with Gasteiger partial charge in [0, 0.05) is 5.39 Å². The number of benzene rings is 2. The molecule has 0 radical (unpaired) electrons. The molecule has 1 aromatic heterocycles. The van der Waals surface area contributed by atoms with Crippen LogP contribution in [0, 0.1) is 0 Å². The second kappa shape index (κ2) is 6.29. The van der Waals surface area contributed by atoms with Crippen LogP contribution < -0.4 is 10.3 Å². The molecule has 3 aromatic rings. The summed E-state index contributed by atoms with van der Waals surface area (Å²) in [7, 11) is 0. The number of thioether (sulfide) groups is 1. The first-order valence-corrected chi connectivity index (χ1v) is 8.36. The predicted octanol–water partition coefficient (Wildman–Crippen LogP) is 3.09. The van der Waals surface area contributed by atoms with Gasteiger partial charge in [0.05, 0.1) is 17.0 Å². The van der Waals surface area contributed by atoms with E-state index >= 15 is 0 Å². The van der Waals surface area contributed by atoms with E-state index in [9.17, 15) is 4.79 Å². The molecule has 6 nitrogen and oxygen atoms in total. The normalized spacial score (nSPS) is 16.1. The Morgan fingerprint density at radius 2 is 1.83 bits per heavy atom. The Morgan fingerprint density at radius 1 is 1.04 bits per heavy atom. The van der Waals surface area contributed by atoms with Crippen molar-refractivity contribution in [2.24, 2.45) is 5.10 Å². The number of anilines is 2. The monoisotopic (exact) mass is 335 g/mol. The number of rotatable bonds is 3. The zero-order valence-electron chi connectivity index (χ0n) is 12.6. The Kier molecular flexibility index (Phi) is 3.84. The maximum atomic E-state index is 12.2. The molecule has 4 rings (SSSR count). The summed E-state index contributed by atoms with van der Waals surface area (Å²) in [6, 6.07) is 17.2. The van der Waals surface area contributed by atoms with Crippen LogP contribution >= 0.6 is 11.8 Å². The van der Waals surface area contributed by atoms with Crippen molar-refractivity contribution in [1.82, 2.24) is 9.97 Å². The minimum Gasteiger partial charge on any atom is -0.273 e. The van der Waals surface area contributed by atoms with Gasteiger partial charge in [-0.1, -0.05) is 42.1 Å². The number of nitrogens with zero attached hydrogens (tertiary/aromatic N) is 4. The number of hydrazone groups is 1. The van der Waals surface area contributed by atoms with E-state index in [1.54, 1.807) is 4.90 Å². The Bertz CT molecular complexity index is 923. The van der Waals surface area contributed by atoms with Crippen LogP contribution in [0.2, 0.25) is 0 Å². The van der Waals surface area contributed by atoms with E-state index in [-0.39, 0.29) is 5.91 Å². The molecular weight excluding hydrogens is 322 g/mol. The lowest BCUT2D eigenvalue weighted by Crippen LogP contribution is -2.29. The highest BCUT2D eigenvalue weighted by atomic mass is 32.2. The zero-order valence-corrected chi connectivity index (χ0v) is 13.4. The van der Waals surface area contributed by atoms with Crippen LogP contribution in [-0.4, -0.2) is 26.8 Å². The van der Waals surface area contributed by atoms with Crippen LogP contribution in [0.4, 0.5) is 11.5 Å². The number of carbonyl (C=O) groups excluding carboxylic acids is 1. The van der Waals surface area contributed by atoms with Crippen molar-refractivity contribution in [1.29, 1.82) is 0 Å². The first-order chi connectivity index (χ1) is 11.8. The molecule has 0 unspecified atom stereocenters. The van der Waals surface area contributed by atoms with Gasteiger partial charge in [-0.3, -0.25) is 15.1 Å². The largest absolute Gasteiger partial charge is 0.273 e. The van der Waals surface area contributed by atoms with Gasteiger partial charge in [-0.05, 0) is 24.3 Å². The fourth-order valence-electron chi connectivity index (χ4n) is 2.47. The third-order valence-electron chi connectivity index (χ3n) is 3.58. The minimum atomic E-state index is 0.0132. The maximum Gasteiger partial charge on any atom is 0.243 e. The average molecular weight is 335 g/mol. The third kappa shape index (κ3) is 2.69. The maximum absolute atomic E-state index is 12.2. The van der Waals surface area contributed by atoms with Gasteiger partial charge in [0.1, 0.15) is 6.33 Å². The van der Waals surface area contributed by atoms with Crippen molar-refractivity contribution < 1.29 is 4.79 Å². The number of amides is 1. The summed E-state index contributed by atoms with van der Waals surface area (Å²) in [6.07, 6.45) is 1.49. The molecule has 1 aliphatic heterocycles. The number of para-hydroxylation sites is 2.